The maximum Gasteiger partial charge on any atom is 0.0554 e. The number of rotatable bonds is 2. The van der Waals surface area contributed by atoms with E-state index >= 15 is 0 Å². The second-order valence-corrected chi connectivity index (χ2v) is 5.69. The van der Waals surface area contributed by atoms with Crippen LogP contribution in [0.25, 0.3) is 0 Å². The van der Waals surface area contributed by atoms with Crippen LogP contribution < -0.4 is 5.73 Å². The Kier molecular flexibility index (Phi) is 3.98. The number of benzene rings is 2. The second-order valence-electron chi connectivity index (χ2n) is 5.28. The smallest absolute Gasteiger partial charge is 0.0554 e. The van der Waals surface area contributed by atoms with Gasteiger partial charge in [-0.3, -0.25) is 0 Å². The predicted octanol–water partition coefficient (Wildman–Crippen LogP) is 4.62. The molecule has 19 heavy (non-hydrogen) atoms. The van der Waals surface area contributed by atoms with E-state index in [1.54, 1.807) is 0 Å². The van der Waals surface area contributed by atoms with Gasteiger partial charge in [-0.2, -0.15) is 0 Å². The molecule has 1 nitrogen and oxygen atoms in total. The highest BCUT2D eigenvalue weighted by Crippen LogP contribution is 2.28. The van der Waals surface area contributed by atoms with E-state index in [0.717, 1.165) is 16.1 Å². The molecule has 0 saturated heterocycles. The Labute approximate surface area is 120 Å². The van der Waals surface area contributed by atoms with E-state index < -0.39 is 0 Å². The topological polar surface area (TPSA) is 26.0 Å². The molecule has 2 rings (SSSR count). The van der Waals surface area contributed by atoms with E-state index in [1.165, 1.54) is 22.3 Å². The molecule has 0 radical (unpaired) electrons. The first-order valence-corrected chi connectivity index (χ1v) is 6.87. The average Bonchev–Trinajstić information content (AvgIpc) is 2.36. The normalized spacial score (nSPS) is 12.5. The van der Waals surface area contributed by atoms with Gasteiger partial charge in [-0.25, -0.2) is 0 Å². The summed E-state index contributed by atoms with van der Waals surface area (Å²) in [5, 5.41) is 0.773. The van der Waals surface area contributed by atoms with Crippen LogP contribution in [-0.2, 0) is 0 Å². The van der Waals surface area contributed by atoms with E-state index in [2.05, 4.69) is 39.0 Å². The molecule has 0 fully saturated rings. The third-order valence-electron chi connectivity index (χ3n) is 3.77. The molecule has 2 N–H and O–H groups in total. The summed E-state index contributed by atoms with van der Waals surface area (Å²) in [6.07, 6.45) is 0. The van der Waals surface area contributed by atoms with E-state index in [1.807, 2.05) is 19.1 Å². The molecule has 2 aromatic rings. The maximum atomic E-state index is 6.40. The maximum absolute atomic E-state index is 6.40. The van der Waals surface area contributed by atoms with Gasteiger partial charge in [0, 0.05) is 5.02 Å². The highest BCUT2D eigenvalue weighted by Gasteiger charge is 2.13. The lowest BCUT2D eigenvalue weighted by molar-refractivity contribution is 0.858. The van der Waals surface area contributed by atoms with Crippen LogP contribution in [0.3, 0.4) is 0 Å². The Morgan fingerprint density at radius 1 is 0.842 bits per heavy atom. The van der Waals surface area contributed by atoms with Crippen molar-refractivity contribution in [3.05, 3.63) is 68.7 Å². The van der Waals surface area contributed by atoms with Crippen molar-refractivity contribution in [1.29, 1.82) is 0 Å². The molecule has 0 heterocycles. The molecule has 1 atom stereocenters. The lowest BCUT2D eigenvalue weighted by Gasteiger charge is -2.18. The second kappa shape index (κ2) is 5.36. The Hall–Kier alpha value is -1.31. The van der Waals surface area contributed by atoms with Crippen molar-refractivity contribution in [2.75, 3.05) is 0 Å². The quantitative estimate of drug-likeness (QED) is 0.849. The van der Waals surface area contributed by atoms with Crippen molar-refractivity contribution in [1.82, 2.24) is 0 Å². The van der Waals surface area contributed by atoms with Crippen LogP contribution in [0.4, 0.5) is 0 Å². The minimum Gasteiger partial charge on any atom is -0.320 e. The third kappa shape index (κ3) is 2.83. The molecule has 0 bridgehead atoms. The molecular formula is C17H20ClN. The van der Waals surface area contributed by atoms with Gasteiger partial charge in [-0.05, 0) is 67.1 Å². The molecule has 0 saturated carbocycles. The van der Waals surface area contributed by atoms with Crippen LogP contribution in [0.5, 0.6) is 0 Å². The Morgan fingerprint density at radius 2 is 1.47 bits per heavy atom. The minimum atomic E-state index is -0.127. The summed E-state index contributed by atoms with van der Waals surface area (Å²) in [6.45, 7) is 8.35. The fraction of sp³-hybridized carbons (Fsp3) is 0.294. The van der Waals surface area contributed by atoms with Crippen LogP contribution in [0, 0.1) is 27.7 Å². The molecule has 0 aromatic heterocycles. The molecule has 1 unspecified atom stereocenters. The van der Waals surface area contributed by atoms with Crippen LogP contribution >= 0.6 is 11.6 Å². The Morgan fingerprint density at radius 3 is 2.11 bits per heavy atom. The van der Waals surface area contributed by atoms with Crippen LogP contribution in [0.15, 0.2) is 30.3 Å². The van der Waals surface area contributed by atoms with Crippen molar-refractivity contribution in [2.45, 2.75) is 33.7 Å². The monoisotopic (exact) mass is 273 g/mol. The molecule has 2 aromatic carbocycles. The zero-order valence-corrected chi connectivity index (χ0v) is 12.7. The molecule has 0 amide bonds. The molecular weight excluding hydrogens is 254 g/mol. The van der Waals surface area contributed by atoms with Crippen molar-refractivity contribution in [2.24, 2.45) is 5.73 Å². The van der Waals surface area contributed by atoms with Gasteiger partial charge < -0.3 is 5.73 Å². The molecule has 0 aliphatic carbocycles. The van der Waals surface area contributed by atoms with E-state index in [9.17, 15) is 0 Å². The van der Waals surface area contributed by atoms with Gasteiger partial charge in [-0.15, -0.1) is 0 Å². The molecule has 0 aliphatic rings. The number of halogens is 1. The number of hydrogen-bond acceptors (Lipinski definition) is 1. The highest BCUT2D eigenvalue weighted by molar-refractivity contribution is 6.31. The van der Waals surface area contributed by atoms with Gasteiger partial charge in [0.25, 0.3) is 0 Å². The van der Waals surface area contributed by atoms with Crippen LogP contribution in [0.1, 0.15) is 39.4 Å². The predicted molar refractivity (Wildman–Crippen MR) is 82.9 cm³/mol. The minimum absolute atomic E-state index is 0.127. The lowest BCUT2D eigenvalue weighted by Crippen LogP contribution is -2.14. The van der Waals surface area contributed by atoms with Gasteiger partial charge in [0.05, 0.1) is 6.04 Å². The van der Waals surface area contributed by atoms with E-state index in [0.29, 0.717) is 0 Å². The first kappa shape index (κ1) is 14.1. The lowest BCUT2D eigenvalue weighted by atomic mass is 9.92. The zero-order valence-electron chi connectivity index (χ0n) is 11.9. The number of aryl methyl sites for hydroxylation is 4. The highest BCUT2D eigenvalue weighted by atomic mass is 35.5. The van der Waals surface area contributed by atoms with Crippen molar-refractivity contribution < 1.29 is 0 Å². The summed E-state index contributed by atoms with van der Waals surface area (Å²) in [5.74, 6) is 0. The summed E-state index contributed by atoms with van der Waals surface area (Å²) >= 11 is 6.19. The van der Waals surface area contributed by atoms with Gasteiger partial charge in [0.2, 0.25) is 0 Å². The summed E-state index contributed by atoms with van der Waals surface area (Å²) in [4.78, 5) is 0. The Bertz CT molecular complexity index is 617. The molecule has 0 aliphatic heterocycles. The molecule has 100 valence electrons. The summed E-state index contributed by atoms with van der Waals surface area (Å²) in [7, 11) is 0. The Balaban J connectivity index is 2.46. The van der Waals surface area contributed by atoms with Crippen molar-refractivity contribution in [3.63, 3.8) is 0 Å². The number of nitrogens with two attached hydrogens (primary N) is 1. The molecule has 2 heteroatoms. The zero-order chi connectivity index (χ0) is 14.2. The standard InChI is InChI=1S/C17H20ClN/c1-10-5-6-14(9-16(10)18)17(19)15-8-12(3)11(2)7-13(15)4/h5-9,17H,19H2,1-4H3. The molecule has 0 spiro atoms. The van der Waals surface area contributed by atoms with Gasteiger partial charge >= 0.3 is 0 Å². The van der Waals surface area contributed by atoms with E-state index in [4.69, 9.17) is 17.3 Å². The number of hydrogen-bond donors (Lipinski definition) is 1. The van der Waals surface area contributed by atoms with Gasteiger partial charge in [0.15, 0.2) is 0 Å². The van der Waals surface area contributed by atoms with Crippen LogP contribution in [-0.4, -0.2) is 0 Å². The van der Waals surface area contributed by atoms with Crippen molar-refractivity contribution >= 4 is 11.6 Å². The summed E-state index contributed by atoms with van der Waals surface area (Å²) in [5.41, 5.74) is 13.5. The third-order valence-corrected chi connectivity index (χ3v) is 4.18. The first-order chi connectivity index (χ1) is 8.90. The van der Waals surface area contributed by atoms with Crippen LogP contribution in [0.2, 0.25) is 5.02 Å². The van der Waals surface area contributed by atoms with Gasteiger partial charge in [0.1, 0.15) is 0 Å². The fourth-order valence-electron chi connectivity index (χ4n) is 2.30. The first-order valence-electron chi connectivity index (χ1n) is 6.49. The van der Waals surface area contributed by atoms with Crippen molar-refractivity contribution in [3.8, 4) is 0 Å². The largest absolute Gasteiger partial charge is 0.320 e. The van der Waals surface area contributed by atoms with Gasteiger partial charge in [-0.1, -0.05) is 35.9 Å². The summed E-state index contributed by atoms with van der Waals surface area (Å²) in [6, 6.07) is 10.3. The SMILES string of the molecule is Cc1cc(C)c(C(N)c2ccc(C)c(Cl)c2)cc1C. The summed E-state index contributed by atoms with van der Waals surface area (Å²) < 4.78 is 0. The van der Waals surface area contributed by atoms with E-state index in [-0.39, 0.29) is 6.04 Å². The fourth-order valence-corrected chi connectivity index (χ4v) is 2.49. The average molecular weight is 274 g/mol.